The van der Waals surface area contributed by atoms with Crippen molar-refractivity contribution in [3.8, 4) is 11.3 Å². The Balaban J connectivity index is 1.26. The molecule has 1 atom stereocenters. The number of pyridine rings is 1. The highest BCUT2D eigenvalue weighted by Gasteiger charge is 2.38. The number of benzene rings is 5. The Kier molecular flexibility index (Phi) is 8.22. The van der Waals surface area contributed by atoms with Crippen LogP contribution in [0.2, 0.25) is 0 Å². The van der Waals surface area contributed by atoms with Gasteiger partial charge in [-0.3, -0.25) is 14.5 Å². The lowest BCUT2D eigenvalue weighted by molar-refractivity contribution is 0.0942. The van der Waals surface area contributed by atoms with E-state index in [2.05, 4.69) is 136 Å². The number of H-pyrrole nitrogens is 1. The van der Waals surface area contributed by atoms with E-state index in [1.54, 1.807) is 12.4 Å². The lowest BCUT2D eigenvalue weighted by Gasteiger charge is -2.36. The van der Waals surface area contributed by atoms with E-state index in [4.69, 9.17) is 10.1 Å². The van der Waals surface area contributed by atoms with Crippen LogP contribution in [-0.2, 0) is 12.0 Å². The highest BCUT2D eigenvalue weighted by atomic mass is 16.2. The highest BCUT2D eigenvalue weighted by molar-refractivity contribution is 6.03. The van der Waals surface area contributed by atoms with Gasteiger partial charge in [-0.15, -0.1) is 0 Å². The Bertz CT molecular complexity index is 2270. The third kappa shape index (κ3) is 5.73. The van der Waals surface area contributed by atoms with Gasteiger partial charge in [0.1, 0.15) is 5.69 Å². The molecule has 0 radical (unpaired) electrons. The molecule has 1 amide bonds. The number of aromatic amines is 1. The topological polar surface area (TPSA) is 88.5 Å². The predicted octanol–water partition coefficient (Wildman–Crippen LogP) is 8.54. The average molecular weight is 653 g/mol. The van der Waals surface area contributed by atoms with Crippen molar-refractivity contribution >= 4 is 27.8 Å². The van der Waals surface area contributed by atoms with E-state index in [-0.39, 0.29) is 17.6 Å². The lowest BCUT2D eigenvalue weighted by Crippen LogP contribution is -2.35. The summed E-state index contributed by atoms with van der Waals surface area (Å²) in [5, 5.41) is 9.34. The molecule has 3 heterocycles. The summed E-state index contributed by atoms with van der Waals surface area (Å²) in [6.07, 6.45) is 3.57. The van der Waals surface area contributed by atoms with Gasteiger partial charge >= 0.3 is 0 Å². The van der Waals surface area contributed by atoms with Crippen LogP contribution in [0, 0.1) is 0 Å². The fourth-order valence-electron chi connectivity index (χ4n) is 7.02. The smallest absolute Gasteiger partial charge is 0.287 e. The van der Waals surface area contributed by atoms with Gasteiger partial charge in [0.05, 0.1) is 28.5 Å². The van der Waals surface area contributed by atoms with E-state index < -0.39 is 5.41 Å². The van der Waals surface area contributed by atoms with E-state index in [1.807, 2.05) is 36.4 Å². The van der Waals surface area contributed by atoms with Crippen LogP contribution in [0.4, 0.5) is 0 Å². The largest absolute Gasteiger partial charge is 0.349 e. The zero-order valence-electron chi connectivity index (χ0n) is 27.7. The maximum atomic E-state index is 13.4. The molecule has 0 saturated heterocycles. The SMILES string of the molecule is CC(CNC(=O)c1nc2cc3c(-c4ccncc4)nn(CC(c4ccccc4)(c4ccccc4)c4ccccc4)c3cc2[nH]1)c1ccccc1. The van der Waals surface area contributed by atoms with E-state index >= 15 is 0 Å². The number of nitrogens with one attached hydrogen (secondary N) is 2. The van der Waals surface area contributed by atoms with Crippen molar-refractivity contribution in [1.82, 2.24) is 30.0 Å². The fraction of sp³-hybridized carbons (Fsp3) is 0.116. The second-order valence-corrected chi connectivity index (χ2v) is 12.7. The second kappa shape index (κ2) is 13.3. The lowest BCUT2D eigenvalue weighted by atomic mass is 9.69. The molecule has 50 heavy (non-hydrogen) atoms. The molecule has 0 saturated carbocycles. The molecular weight excluding hydrogens is 617 g/mol. The molecular formula is C43H36N6O. The van der Waals surface area contributed by atoms with Crippen LogP contribution < -0.4 is 5.32 Å². The minimum Gasteiger partial charge on any atom is -0.349 e. The van der Waals surface area contributed by atoms with Crippen molar-refractivity contribution in [2.24, 2.45) is 0 Å². The van der Waals surface area contributed by atoms with Crippen LogP contribution in [0.5, 0.6) is 0 Å². The molecule has 244 valence electrons. The van der Waals surface area contributed by atoms with E-state index in [0.29, 0.717) is 18.6 Å². The van der Waals surface area contributed by atoms with E-state index in [1.165, 1.54) is 5.56 Å². The summed E-state index contributed by atoms with van der Waals surface area (Å²) >= 11 is 0. The van der Waals surface area contributed by atoms with Crippen molar-refractivity contribution in [2.45, 2.75) is 24.8 Å². The van der Waals surface area contributed by atoms with Crippen molar-refractivity contribution in [3.05, 3.63) is 186 Å². The molecule has 3 aromatic heterocycles. The molecule has 0 aliphatic rings. The maximum absolute atomic E-state index is 13.4. The molecule has 8 aromatic rings. The first-order valence-electron chi connectivity index (χ1n) is 16.9. The molecule has 2 N–H and O–H groups in total. The van der Waals surface area contributed by atoms with Gasteiger partial charge in [-0.25, -0.2) is 4.98 Å². The van der Waals surface area contributed by atoms with E-state index in [0.717, 1.165) is 44.4 Å². The van der Waals surface area contributed by atoms with Crippen LogP contribution in [0.1, 0.15) is 45.7 Å². The monoisotopic (exact) mass is 652 g/mol. The molecule has 7 nitrogen and oxygen atoms in total. The summed E-state index contributed by atoms with van der Waals surface area (Å²) in [6.45, 7) is 3.13. The summed E-state index contributed by atoms with van der Waals surface area (Å²) in [7, 11) is 0. The van der Waals surface area contributed by atoms with Gasteiger partial charge in [0.2, 0.25) is 0 Å². The van der Waals surface area contributed by atoms with Gasteiger partial charge in [0.25, 0.3) is 5.91 Å². The number of rotatable bonds is 10. The number of amides is 1. The quantitative estimate of drug-likeness (QED) is 0.145. The molecule has 5 aromatic carbocycles. The Morgan fingerprint density at radius 2 is 1.32 bits per heavy atom. The van der Waals surface area contributed by atoms with Gasteiger partial charge in [-0.2, -0.15) is 5.10 Å². The second-order valence-electron chi connectivity index (χ2n) is 12.7. The maximum Gasteiger partial charge on any atom is 0.287 e. The Morgan fingerprint density at radius 1 is 0.760 bits per heavy atom. The minimum atomic E-state index is -0.568. The van der Waals surface area contributed by atoms with Gasteiger partial charge < -0.3 is 10.3 Å². The van der Waals surface area contributed by atoms with Crippen molar-refractivity contribution in [3.63, 3.8) is 0 Å². The third-order valence-corrected chi connectivity index (χ3v) is 9.65. The normalized spacial score (nSPS) is 12.3. The molecule has 1 unspecified atom stereocenters. The van der Waals surface area contributed by atoms with Crippen LogP contribution in [-0.4, -0.2) is 37.2 Å². The van der Waals surface area contributed by atoms with Crippen molar-refractivity contribution < 1.29 is 4.79 Å². The summed E-state index contributed by atoms with van der Waals surface area (Å²) in [5.74, 6) is 0.213. The molecule has 0 bridgehead atoms. The van der Waals surface area contributed by atoms with Gasteiger partial charge in [-0.05, 0) is 52.4 Å². The molecule has 7 heteroatoms. The Labute approximate surface area is 290 Å². The van der Waals surface area contributed by atoms with Crippen LogP contribution in [0.15, 0.2) is 158 Å². The first-order valence-corrected chi connectivity index (χ1v) is 16.9. The number of aromatic nitrogens is 5. The van der Waals surface area contributed by atoms with E-state index in [9.17, 15) is 4.79 Å². The first-order chi connectivity index (χ1) is 24.6. The number of imidazole rings is 1. The zero-order chi connectivity index (χ0) is 33.9. The van der Waals surface area contributed by atoms with Crippen LogP contribution >= 0.6 is 0 Å². The summed E-state index contributed by atoms with van der Waals surface area (Å²) in [6, 6.07) is 50.2. The van der Waals surface area contributed by atoms with Crippen molar-refractivity contribution in [1.29, 1.82) is 0 Å². The minimum absolute atomic E-state index is 0.167. The molecule has 8 rings (SSSR count). The van der Waals surface area contributed by atoms with Crippen LogP contribution in [0.3, 0.4) is 0 Å². The summed E-state index contributed by atoms with van der Waals surface area (Å²) < 4.78 is 2.11. The third-order valence-electron chi connectivity index (χ3n) is 9.65. The number of nitrogens with zero attached hydrogens (tertiary/aromatic N) is 4. The van der Waals surface area contributed by atoms with Gasteiger partial charge in [-0.1, -0.05) is 128 Å². The molecule has 0 spiro atoms. The highest BCUT2D eigenvalue weighted by Crippen LogP contribution is 2.42. The van der Waals surface area contributed by atoms with Gasteiger partial charge in [0, 0.05) is 29.9 Å². The fourth-order valence-corrected chi connectivity index (χ4v) is 7.02. The molecule has 0 aliphatic heterocycles. The molecule has 0 aliphatic carbocycles. The molecule has 0 fully saturated rings. The number of carbonyl (C=O) groups excluding carboxylic acids is 1. The average Bonchev–Trinajstić information content (AvgIpc) is 3.77. The number of hydrogen-bond acceptors (Lipinski definition) is 4. The standard InChI is InChI=1S/C43H36N6O/c1-30(31-14-6-2-7-15-31)28-45-42(50)41-46-37-26-36-39(27-38(37)47-41)49(48-40(36)32-22-24-44-25-23-32)29-43(33-16-8-3-9-17-33,34-18-10-4-11-19-34)35-20-12-5-13-21-35/h2-27,30H,28-29H2,1H3,(H,45,50)(H,46,47). The van der Waals surface area contributed by atoms with Crippen molar-refractivity contribution in [2.75, 3.05) is 6.54 Å². The number of hydrogen-bond donors (Lipinski definition) is 2. The zero-order valence-corrected chi connectivity index (χ0v) is 27.7. The van der Waals surface area contributed by atoms with Crippen LogP contribution in [0.25, 0.3) is 33.2 Å². The Hall–Kier alpha value is -6.34. The predicted molar refractivity (Wildman–Crippen MR) is 199 cm³/mol. The number of fused-ring (bicyclic) bond motifs is 2. The number of carbonyl (C=O) groups is 1. The summed E-state index contributed by atoms with van der Waals surface area (Å²) in [5.41, 5.74) is 8.30. The first kappa shape index (κ1) is 31.0. The van der Waals surface area contributed by atoms with Gasteiger partial charge in [0.15, 0.2) is 5.82 Å². The Morgan fingerprint density at radius 3 is 1.90 bits per heavy atom. The summed E-state index contributed by atoms with van der Waals surface area (Å²) in [4.78, 5) is 25.7.